The fourth-order valence-corrected chi connectivity index (χ4v) is 2.82. The molecule has 22 heavy (non-hydrogen) atoms. The molecule has 0 amide bonds. The molecule has 1 atom stereocenters. The Balaban J connectivity index is 2.06. The van der Waals surface area contributed by atoms with Crippen molar-refractivity contribution in [2.75, 3.05) is 12.8 Å². The summed E-state index contributed by atoms with van der Waals surface area (Å²) in [7, 11) is -2.55. The minimum atomic E-state index is -2.55. The van der Waals surface area contributed by atoms with Gasteiger partial charge in [0.15, 0.2) is 0 Å². The number of methoxy groups -OCH3 is 1. The van der Waals surface area contributed by atoms with E-state index in [4.69, 9.17) is 31.9 Å². The van der Waals surface area contributed by atoms with Crippen molar-refractivity contribution >= 4 is 45.2 Å². The van der Waals surface area contributed by atoms with Crippen molar-refractivity contribution in [2.24, 2.45) is 5.73 Å². The molecular weight excluding hydrogens is 322 g/mol. The number of hydrogen-bond donors (Lipinski definition) is 4. The maximum absolute atomic E-state index is 10.7. The molecule has 8 heteroatoms. The number of thioether (sulfide) groups is 1. The zero-order valence-corrected chi connectivity index (χ0v) is 13.1. The molecule has 0 bridgehead atoms. The van der Waals surface area contributed by atoms with Crippen LogP contribution >= 0.6 is 24.0 Å². The molecule has 1 aromatic heterocycles. The van der Waals surface area contributed by atoms with Crippen LogP contribution in [-0.2, 0) is 11.3 Å². The van der Waals surface area contributed by atoms with Gasteiger partial charge in [-0.3, -0.25) is 4.79 Å². The van der Waals surface area contributed by atoms with E-state index in [1.54, 1.807) is 18.3 Å². The summed E-state index contributed by atoms with van der Waals surface area (Å²) in [5.74, 6) is -0.678. The van der Waals surface area contributed by atoms with Crippen LogP contribution in [0.15, 0.2) is 24.4 Å². The number of hydrogen-bond acceptors (Lipinski definition) is 5. The van der Waals surface area contributed by atoms with Crippen LogP contribution in [-0.4, -0.2) is 39.2 Å². The number of carboxylic acids is 1. The first-order valence-corrected chi connectivity index (χ1v) is 7.74. The number of nitrogens with one attached hydrogen (secondary N) is 2. The van der Waals surface area contributed by atoms with E-state index in [1.807, 2.05) is 6.07 Å². The lowest BCUT2D eigenvalue weighted by atomic mass is 10.1. The Morgan fingerprint density at radius 1 is 1.68 bits per heavy atom. The van der Waals surface area contributed by atoms with Crippen molar-refractivity contribution in [3.8, 4) is 5.75 Å². The average Bonchev–Trinajstić information content (AvgIpc) is 2.93. The molecule has 0 unspecified atom stereocenters. The van der Waals surface area contributed by atoms with E-state index in [-0.39, 0.29) is 11.5 Å². The molecule has 0 aliphatic heterocycles. The Morgan fingerprint density at radius 2 is 2.50 bits per heavy atom. The standard InChI is InChI=1S/C14H17N3O3S2/c1-20-11-4-2-3-10-12(11)8(5-16-10)6-17-14(21)22-7-9(15)13(18)19/h2-5,9,16H,6-7,15H2,1H3,(H,17,21)(H,18,19)/t9-/m0/s1/i1D3. The third-order valence-electron chi connectivity index (χ3n) is 2.99. The van der Waals surface area contributed by atoms with E-state index in [1.165, 1.54) is 0 Å². The Bertz CT molecular complexity index is 780. The Kier molecular flexibility index (Phi) is 4.33. The molecule has 0 fully saturated rings. The van der Waals surface area contributed by atoms with Crippen LogP contribution in [0.4, 0.5) is 0 Å². The molecule has 0 radical (unpaired) electrons. The molecule has 1 aromatic carbocycles. The summed E-state index contributed by atoms with van der Waals surface area (Å²) in [5.41, 5.74) is 6.94. The summed E-state index contributed by atoms with van der Waals surface area (Å²) in [5, 5.41) is 12.4. The fourth-order valence-electron chi connectivity index (χ4n) is 1.90. The molecule has 6 nitrogen and oxygen atoms in total. The number of thiocarbonyl (C=S) groups is 1. The van der Waals surface area contributed by atoms with Crippen molar-refractivity contribution in [2.45, 2.75) is 12.6 Å². The van der Waals surface area contributed by atoms with Crippen molar-refractivity contribution in [3.05, 3.63) is 30.0 Å². The molecule has 118 valence electrons. The second-order valence-electron chi connectivity index (χ2n) is 4.49. The lowest BCUT2D eigenvalue weighted by molar-refractivity contribution is -0.137. The van der Waals surface area contributed by atoms with E-state index in [0.29, 0.717) is 16.3 Å². The van der Waals surface area contributed by atoms with Gasteiger partial charge < -0.3 is 25.9 Å². The molecule has 1 heterocycles. The normalized spacial score (nSPS) is 14.7. The largest absolute Gasteiger partial charge is 0.496 e. The summed E-state index contributed by atoms with van der Waals surface area (Å²) in [6, 6.07) is 4.11. The molecule has 0 saturated heterocycles. The van der Waals surface area contributed by atoms with Gasteiger partial charge in [-0.2, -0.15) is 0 Å². The maximum Gasteiger partial charge on any atom is 0.321 e. The number of carboxylic acid groups (broad SMARTS) is 1. The SMILES string of the molecule is [2H]C([2H])([2H])Oc1cccc2[nH]cc(CNC(=S)SC[C@H](N)C(=O)O)c12. The maximum atomic E-state index is 10.7. The number of fused-ring (bicyclic) bond motifs is 1. The summed E-state index contributed by atoms with van der Waals surface area (Å²) in [6.45, 7) is 0.329. The minimum absolute atomic E-state index is 0.155. The number of ether oxygens (including phenoxy) is 1. The smallest absolute Gasteiger partial charge is 0.321 e. The fraction of sp³-hybridized carbons (Fsp3) is 0.286. The first kappa shape index (κ1) is 12.7. The molecule has 0 aliphatic rings. The lowest BCUT2D eigenvalue weighted by Gasteiger charge is -2.10. The van der Waals surface area contributed by atoms with Crippen molar-refractivity contribution in [3.63, 3.8) is 0 Å². The van der Waals surface area contributed by atoms with Crippen molar-refractivity contribution < 1.29 is 18.8 Å². The second-order valence-corrected chi connectivity index (χ2v) is 6.19. The van der Waals surface area contributed by atoms with E-state index in [0.717, 1.165) is 22.8 Å². The van der Waals surface area contributed by atoms with Gasteiger partial charge in [-0.1, -0.05) is 30.0 Å². The quantitative estimate of drug-likeness (QED) is 0.593. The number of aromatic nitrogens is 1. The summed E-state index contributed by atoms with van der Waals surface area (Å²) in [6.07, 6.45) is 1.74. The van der Waals surface area contributed by atoms with Gasteiger partial charge >= 0.3 is 5.97 Å². The van der Waals surface area contributed by atoms with Crippen LogP contribution in [0.2, 0.25) is 0 Å². The average molecular weight is 342 g/mol. The number of H-pyrrole nitrogens is 1. The summed E-state index contributed by atoms with van der Waals surface area (Å²) < 4.78 is 27.3. The number of benzene rings is 1. The van der Waals surface area contributed by atoms with Crippen LogP contribution in [0.5, 0.6) is 5.75 Å². The first-order valence-electron chi connectivity index (χ1n) is 7.84. The zero-order chi connectivity index (χ0) is 18.6. The van der Waals surface area contributed by atoms with Gasteiger partial charge in [0.1, 0.15) is 16.1 Å². The number of rotatable bonds is 6. The van der Waals surface area contributed by atoms with E-state index in [2.05, 4.69) is 10.3 Å². The highest BCUT2D eigenvalue weighted by atomic mass is 32.2. The van der Waals surface area contributed by atoms with Crippen LogP contribution < -0.4 is 15.8 Å². The van der Waals surface area contributed by atoms with E-state index in [9.17, 15) is 4.79 Å². The van der Waals surface area contributed by atoms with Crippen LogP contribution in [0.1, 0.15) is 9.68 Å². The third-order valence-corrected chi connectivity index (χ3v) is 4.42. The Labute approximate surface area is 141 Å². The van der Waals surface area contributed by atoms with E-state index < -0.39 is 19.0 Å². The van der Waals surface area contributed by atoms with Gasteiger partial charge in [-0.15, -0.1) is 0 Å². The highest BCUT2D eigenvalue weighted by molar-refractivity contribution is 8.23. The van der Waals surface area contributed by atoms with Gasteiger partial charge in [-0.05, 0) is 12.1 Å². The van der Waals surface area contributed by atoms with Crippen LogP contribution in [0.3, 0.4) is 0 Å². The van der Waals surface area contributed by atoms with E-state index >= 15 is 0 Å². The van der Waals surface area contributed by atoms with Gasteiger partial charge in [0.25, 0.3) is 0 Å². The Hall–Kier alpha value is -1.77. The van der Waals surface area contributed by atoms with Gasteiger partial charge in [-0.25, -0.2) is 0 Å². The molecule has 2 rings (SSSR count). The lowest BCUT2D eigenvalue weighted by Crippen LogP contribution is -2.33. The number of nitrogens with two attached hydrogens (primary N) is 1. The van der Waals surface area contributed by atoms with Crippen LogP contribution in [0.25, 0.3) is 10.9 Å². The number of aliphatic carboxylic acids is 1. The van der Waals surface area contributed by atoms with Crippen molar-refractivity contribution in [1.29, 1.82) is 0 Å². The van der Waals surface area contributed by atoms with Crippen molar-refractivity contribution in [1.82, 2.24) is 10.3 Å². The molecular formula is C14H17N3O3S2. The molecule has 2 aromatic rings. The number of carbonyl (C=O) groups is 1. The summed E-state index contributed by atoms with van der Waals surface area (Å²) >= 11 is 6.28. The highest BCUT2D eigenvalue weighted by Crippen LogP contribution is 2.28. The third kappa shape index (κ3) is 3.90. The predicted molar refractivity (Wildman–Crippen MR) is 92.4 cm³/mol. The summed E-state index contributed by atoms with van der Waals surface area (Å²) in [4.78, 5) is 13.7. The topological polar surface area (TPSA) is 100 Å². The predicted octanol–water partition coefficient (Wildman–Crippen LogP) is 1.70. The molecule has 0 aliphatic carbocycles. The van der Waals surface area contributed by atoms with Gasteiger partial charge in [0, 0.05) is 35.0 Å². The molecule has 5 N–H and O–H groups in total. The van der Waals surface area contributed by atoms with Gasteiger partial charge in [0.2, 0.25) is 0 Å². The number of aromatic amines is 1. The van der Waals surface area contributed by atoms with Crippen LogP contribution in [0, 0.1) is 0 Å². The first-order chi connectivity index (χ1) is 11.7. The Morgan fingerprint density at radius 3 is 3.23 bits per heavy atom. The zero-order valence-electron chi connectivity index (χ0n) is 14.5. The molecule has 0 saturated carbocycles. The minimum Gasteiger partial charge on any atom is -0.496 e. The molecule has 0 spiro atoms. The second kappa shape index (κ2) is 7.48. The highest BCUT2D eigenvalue weighted by Gasteiger charge is 2.13. The van der Waals surface area contributed by atoms with Gasteiger partial charge in [0.05, 0.1) is 11.2 Å². The monoisotopic (exact) mass is 342 g/mol.